The molecule has 0 amide bonds. The van der Waals surface area contributed by atoms with Crippen LogP contribution in [0.25, 0.3) is 0 Å². The van der Waals surface area contributed by atoms with E-state index < -0.39 is 14.8 Å². The number of halogens is 2. The molecule has 0 saturated carbocycles. The van der Waals surface area contributed by atoms with Gasteiger partial charge in [0.25, 0.3) is 0 Å². The van der Waals surface area contributed by atoms with Gasteiger partial charge in [0.15, 0.2) is 0 Å². The van der Waals surface area contributed by atoms with Gasteiger partial charge in [0.05, 0.1) is 0 Å². The van der Waals surface area contributed by atoms with Gasteiger partial charge in [0.1, 0.15) is 0 Å². The SMILES string of the molecule is CCCCCCCCCC[Si](Cl)(C#C[Si](Cl)(CCCCCCCCCC)C(C)C)C(C)C. The fraction of sp³-hybridized carbons (Fsp3) is 0.929. The Hall–Kier alpha value is 0.574. The maximum Gasteiger partial charge on any atom is 0.235 e. The van der Waals surface area contributed by atoms with Gasteiger partial charge in [-0.15, -0.1) is 33.2 Å². The normalized spacial score (nSPS) is 15.4. The van der Waals surface area contributed by atoms with E-state index in [4.69, 9.17) is 22.2 Å². The molecule has 0 N–H and O–H groups in total. The van der Waals surface area contributed by atoms with Crippen molar-refractivity contribution in [3.05, 3.63) is 0 Å². The highest BCUT2D eigenvalue weighted by atomic mass is 35.6. The van der Waals surface area contributed by atoms with Crippen molar-refractivity contribution in [3.63, 3.8) is 0 Å². The largest absolute Gasteiger partial charge is 0.235 e. The first kappa shape index (κ1) is 32.6. The van der Waals surface area contributed by atoms with E-state index in [0.717, 1.165) is 12.1 Å². The van der Waals surface area contributed by atoms with E-state index in [1.54, 1.807) is 0 Å². The van der Waals surface area contributed by atoms with Crippen LogP contribution < -0.4 is 0 Å². The Labute approximate surface area is 214 Å². The molecule has 0 rings (SSSR count). The summed E-state index contributed by atoms with van der Waals surface area (Å²) in [6.07, 6.45) is 21.6. The summed E-state index contributed by atoms with van der Waals surface area (Å²) in [4.78, 5) is 0. The number of rotatable bonds is 20. The van der Waals surface area contributed by atoms with E-state index in [0.29, 0.717) is 11.1 Å². The summed E-state index contributed by atoms with van der Waals surface area (Å²) < 4.78 is 0. The van der Waals surface area contributed by atoms with Crippen LogP contribution in [-0.4, -0.2) is 14.8 Å². The third kappa shape index (κ3) is 15.5. The zero-order chi connectivity index (χ0) is 24.3. The van der Waals surface area contributed by atoms with Crippen molar-refractivity contribution in [2.75, 3.05) is 0 Å². The Balaban J connectivity index is 4.59. The second-order valence-electron chi connectivity index (χ2n) is 10.7. The first-order valence-corrected chi connectivity index (χ1v) is 20.7. The summed E-state index contributed by atoms with van der Waals surface area (Å²) in [6, 6.07) is 2.26. The molecule has 0 aromatic heterocycles. The molecule has 0 heterocycles. The van der Waals surface area contributed by atoms with Gasteiger partial charge in [-0.3, -0.25) is 0 Å². The molecule has 4 heteroatoms. The smallest absolute Gasteiger partial charge is 0.150 e. The summed E-state index contributed by atoms with van der Waals surface area (Å²) in [7, 11) is -4.15. The molecule has 0 nitrogen and oxygen atoms in total. The molecule has 190 valence electrons. The Morgan fingerprint density at radius 3 is 0.969 bits per heavy atom. The lowest BCUT2D eigenvalue weighted by Crippen LogP contribution is -2.34. The van der Waals surface area contributed by atoms with E-state index in [2.05, 4.69) is 52.6 Å². The van der Waals surface area contributed by atoms with Gasteiger partial charge < -0.3 is 0 Å². The summed E-state index contributed by atoms with van der Waals surface area (Å²) in [5.74, 6) is 0. The second kappa shape index (κ2) is 19.8. The van der Waals surface area contributed by atoms with Gasteiger partial charge in [0.2, 0.25) is 14.8 Å². The van der Waals surface area contributed by atoms with Gasteiger partial charge in [-0.05, 0) is 23.2 Å². The molecular weight excluding hydrogens is 463 g/mol. The second-order valence-corrected chi connectivity index (χ2v) is 22.0. The average Bonchev–Trinajstić information content (AvgIpc) is 2.75. The third-order valence-corrected chi connectivity index (χ3v) is 18.6. The van der Waals surface area contributed by atoms with Crippen molar-refractivity contribution in [3.8, 4) is 11.1 Å². The number of hydrogen-bond donors (Lipinski definition) is 0. The molecule has 0 spiro atoms. The van der Waals surface area contributed by atoms with Gasteiger partial charge in [-0.25, -0.2) is 0 Å². The van der Waals surface area contributed by atoms with Gasteiger partial charge in [0, 0.05) is 0 Å². The fourth-order valence-electron chi connectivity index (χ4n) is 4.23. The lowest BCUT2D eigenvalue weighted by molar-refractivity contribution is 0.584. The van der Waals surface area contributed by atoms with Crippen molar-refractivity contribution in [1.29, 1.82) is 0 Å². The molecule has 0 radical (unpaired) electrons. The minimum atomic E-state index is -2.08. The quantitative estimate of drug-likeness (QED) is 0.0649. The van der Waals surface area contributed by atoms with E-state index in [1.165, 1.54) is 103 Å². The van der Waals surface area contributed by atoms with Crippen molar-refractivity contribution >= 4 is 36.9 Å². The molecule has 0 aliphatic rings. The average molecular weight is 520 g/mol. The van der Waals surface area contributed by atoms with Gasteiger partial charge in [-0.1, -0.05) is 144 Å². The molecule has 0 aromatic carbocycles. The van der Waals surface area contributed by atoms with Gasteiger partial charge in [-0.2, -0.15) is 0 Å². The molecule has 0 aliphatic carbocycles. The zero-order valence-electron chi connectivity index (χ0n) is 22.6. The highest BCUT2D eigenvalue weighted by Gasteiger charge is 2.36. The first-order chi connectivity index (χ1) is 15.2. The van der Waals surface area contributed by atoms with Crippen LogP contribution in [0.2, 0.25) is 23.2 Å². The molecule has 32 heavy (non-hydrogen) atoms. The van der Waals surface area contributed by atoms with Crippen LogP contribution >= 0.6 is 22.2 Å². The molecule has 0 bridgehead atoms. The first-order valence-electron chi connectivity index (χ1n) is 14.1. The van der Waals surface area contributed by atoms with Crippen molar-refractivity contribution in [2.45, 2.75) is 167 Å². The summed E-state index contributed by atoms with van der Waals surface area (Å²) in [6.45, 7) is 13.7. The highest BCUT2D eigenvalue weighted by molar-refractivity contribution is 7.28. The molecule has 2 unspecified atom stereocenters. The number of hydrogen-bond acceptors (Lipinski definition) is 0. The summed E-state index contributed by atoms with van der Waals surface area (Å²) in [5.41, 5.74) is 8.38. The van der Waals surface area contributed by atoms with E-state index in [1.807, 2.05) is 0 Å². The standard InChI is InChI=1S/C28H56Cl2Si2/c1-7-9-11-13-15-17-19-21-23-31(29,27(3)4)25-26-32(30,28(5)6)24-22-20-18-16-14-12-10-8-2/h27-28H,7-24H2,1-6H3. The van der Waals surface area contributed by atoms with Crippen LogP contribution in [-0.2, 0) is 0 Å². The highest BCUT2D eigenvalue weighted by Crippen LogP contribution is 2.34. The maximum atomic E-state index is 7.24. The zero-order valence-corrected chi connectivity index (χ0v) is 26.2. The molecule has 0 saturated heterocycles. The molecule has 2 atom stereocenters. The Bertz CT molecular complexity index is 455. The Morgan fingerprint density at radius 1 is 0.469 bits per heavy atom. The van der Waals surface area contributed by atoms with E-state index in [-0.39, 0.29) is 0 Å². The summed E-state index contributed by atoms with van der Waals surface area (Å²) >= 11 is 14.5. The van der Waals surface area contributed by atoms with Crippen LogP contribution in [0.3, 0.4) is 0 Å². The topological polar surface area (TPSA) is 0 Å². The van der Waals surface area contributed by atoms with Crippen LogP contribution in [0.5, 0.6) is 0 Å². The van der Waals surface area contributed by atoms with E-state index in [9.17, 15) is 0 Å². The third-order valence-electron chi connectivity index (χ3n) is 7.10. The fourth-order valence-corrected chi connectivity index (χ4v) is 11.1. The van der Waals surface area contributed by atoms with Gasteiger partial charge >= 0.3 is 0 Å². The lowest BCUT2D eigenvalue weighted by atomic mass is 10.1. The van der Waals surface area contributed by atoms with E-state index >= 15 is 0 Å². The predicted molar refractivity (Wildman–Crippen MR) is 156 cm³/mol. The molecule has 0 aromatic rings. The van der Waals surface area contributed by atoms with Crippen LogP contribution in [0.1, 0.15) is 144 Å². The van der Waals surface area contributed by atoms with Crippen molar-refractivity contribution < 1.29 is 0 Å². The van der Waals surface area contributed by atoms with Crippen molar-refractivity contribution in [2.24, 2.45) is 0 Å². The summed E-state index contributed by atoms with van der Waals surface area (Å²) in [5, 5.41) is 0. The monoisotopic (exact) mass is 518 g/mol. The lowest BCUT2D eigenvalue weighted by Gasteiger charge is -2.26. The molecule has 0 fully saturated rings. The van der Waals surface area contributed by atoms with Crippen LogP contribution in [0, 0.1) is 11.1 Å². The maximum absolute atomic E-state index is 7.24. The predicted octanol–water partition coefficient (Wildman–Crippen LogP) is 11.5. The molecule has 0 aliphatic heterocycles. The van der Waals surface area contributed by atoms with Crippen molar-refractivity contribution in [1.82, 2.24) is 0 Å². The number of unbranched alkanes of at least 4 members (excludes halogenated alkanes) is 14. The molecular formula is C28H56Cl2Si2. The Kier molecular flexibility index (Phi) is 20.2. The minimum absolute atomic E-state index is 0.492. The minimum Gasteiger partial charge on any atom is -0.150 e. The van der Waals surface area contributed by atoms with Crippen LogP contribution in [0.4, 0.5) is 0 Å². The Morgan fingerprint density at radius 2 is 0.719 bits per heavy atom. The van der Waals surface area contributed by atoms with Crippen LogP contribution in [0.15, 0.2) is 0 Å².